The van der Waals surface area contributed by atoms with Gasteiger partial charge in [-0.25, -0.2) is 9.48 Å². The highest BCUT2D eigenvalue weighted by atomic mass is 16.5. The first-order valence-electron chi connectivity index (χ1n) is 9.85. The van der Waals surface area contributed by atoms with Gasteiger partial charge in [0, 0.05) is 0 Å². The molecule has 31 heavy (non-hydrogen) atoms. The smallest absolute Gasteiger partial charge is 0.325 e. The summed E-state index contributed by atoms with van der Waals surface area (Å²) in [5.74, 6) is 1.04. The molecule has 1 unspecified atom stereocenters. The molecule has 1 aliphatic rings. The van der Waals surface area contributed by atoms with Crippen molar-refractivity contribution in [2.24, 2.45) is 0 Å². The molecule has 0 bridgehead atoms. The molecule has 0 spiro atoms. The number of nitrogens with one attached hydrogen (secondary N) is 1. The van der Waals surface area contributed by atoms with E-state index in [0.29, 0.717) is 23.6 Å². The fraction of sp³-hybridized carbons (Fsp3) is 0.286. The van der Waals surface area contributed by atoms with Crippen molar-refractivity contribution >= 4 is 11.9 Å². The van der Waals surface area contributed by atoms with Crippen molar-refractivity contribution in [2.75, 3.05) is 19.8 Å². The SMILES string of the molecule is CCOc1ccc(OCCN2C(=O)NC(C)(c3cccc(-n4cnnn4)c3)C2=O)cc1. The van der Waals surface area contributed by atoms with Crippen LogP contribution >= 0.6 is 0 Å². The third-order valence-corrected chi connectivity index (χ3v) is 5.03. The van der Waals surface area contributed by atoms with Crippen LogP contribution in [0.5, 0.6) is 11.5 Å². The fourth-order valence-electron chi connectivity index (χ4n) is 3.39. The summed E-state index contributed by atoms with van der Waals surface area (Å²) in [5.41, 5.74) is 0.122. The monoisotopic (exact) mass is 422 g/mol. The van der Waals surface area contributed by atoms with Gasteiger partial charge in [0.05, 0.1) is 18.8 Å². The molecule has 1 atom stereocenters. The first-order chi connectivity index (χ1) is 15.0. The van der Waals surface area contributed by atoms with Gasteiger partial charge in [-0.1, -0.05) is 12.1 Å². The summed E-state index contributed by atoms with van der Waals surface area (Å²) in [6.45, 7) is 4.48. The molecule has 2 heterocycles. The van der Waals surface area contributed by atoms with Crippen LogP contribution in [0.2, 0.25) is 0 Å². The van der Waals surface area contributed by atoms with E-state index >= 15 is 0 Å². The first kappa shape index (κ1) is 20.3. The van der Waals surface area contributed by atoms with Gasteiger partial charge < -0.3 is 14.8 Å². The molecule has 3 amide bonds. The summed E-state index contributed by atoms with van der Waals surface area (Å²) in [6.07, 6.45) is 1.46. The number of carbonyl (C=O) groups is 2. The minimum Gasteiger partial charge on any atom is -0.494 e. The Morgan fingerprint density at radius 2 is 1.81 bits per heavy atom. The third kappa shape index (κ3) is 4.04. The topological polar surface area (TPSA) is 111 Å². The lowest BCUT2D eigenvalue weighted by Gasteiger charge is -2.22. The van der Waals surface area contributed by atoms with Crippen molar-refractivity contribution in [2.45, 2.75) is 19.4 Å². The Morgan fingerprint density at radius 3 is 2.48 bits per heavy atom. The van der Waals surface area contributed by atoms with Gasteiger partial charge in [-0.05, 0) is 66.2 Å². The van der Waals surface area contributed by atoms with Crippen molar-refractivity contribution in [3.05, 3.63) is 60.4 Å². The maximum absolute atomic E-state index is 13.1. The van der Waals surface area contributed by atoms with Gasteiger partial charge in [-0.2, -0.15) is 0 Å². The summed E-state index contributed by atoms with van der Waals surface area (Å²) in [7, 11) is 0. The molecule has 1 saturated heterocycles. The number of benzene rings is 2. The highest BCUT2D eigenvalue weighted by molar-refractivity contribution is 6.07. The number of rotatable bonds is 8. The van der Waals surface area contributed by atoms with Crippen molar-refractivity contribution in [1.29, 1.82) is 0 Å². The number of amides is 3. The maximum Gasteiger partial charge on any atom is 0.325 e. The molecule has 160 valence electrons. The fourth-order valence-corrected chi connectivity index (χ4v) is 3.39. The Morgan fingerprint density at radius 1 is 1.06 bits per heavy atom. The predicted molar refractivity (Wildman–Crippen MR) is 110 cm³/mol. The summed E-state index contributed by atoms with van der Waals surface area (Å²) in [5, 5.41) is 13.9. The molecule has 0 radical (unpaired) electrons. The largest absolute Gasteiger partial charge is 0.494 e. The van der Waals surface area contributed by atoms with Gasteiger partial charge >= 0.3 is 6.03 Å². The van der Waals surface area contributed by atoms with Crippen LogP contribution in [0.15, 0.2) is 54.9 Å². The molecule has 10 nitrogen and oxygen atoms in total. The van der Waals surface area contributed by atoms with Crippen LogP contribution in [0.1, 0.15) is 19.4 Å². The Hall–Kier alpha value is -3.95. The van der Waals surface area contributed by atoms with E-state index in [0.717, 1.165) is 10.6 Å². The predicted octanol–water partition coefficient (Wildman–Crippen LogP) is 1.91. The Bertz CT molecular complexity index is 1070. The molecule has 1 N–H and O–H groups in total. The van der Waals surface area contributed by atoms with E-state index in [1.54, 1.807) is 49.4 Å². The van der Waals surface area contributed by atoms with E-state index in [2.05, 4.69) is 20.8 Å². The molecule has 10 heteroatoms. The number of imide groups is 1. The first-order valence-corrected chi connectivity index (χ1v) is 9.85. The lowest BCUT2D eigenvalue weighted by Crippen LogP contribution is -2.41. The Kier molecular flexibility index (Phi) is 5.52. The van der Waals surface area contributed by atoms with Crippen LogP contribution in [0.4, 0.5) is 4.79 Å². The molecule has 4 rings (SSSR count). The van der Waals surface area contributed by atoms with Crippen LogP contribution in [0.3, 0.4) is 0 Å². The Balaban J connectivity index is 1.43. The van der Waals surface area contributed by atoms with E-state index < -0.39 is 11.6 Å². The molecule has 0 aliphatic carbocycles. The molecular weight excluding hydrogens is 400 g/mol. The van der Waals surface area contributed by atoms with Crippen LogP contribution in [0, 0.1) is 0 Å². The second-order valence-electron chi connectivity index (χ2n) is 7.07. The zero-order valence-corrected chi connectivity index (χ0v) is 17.2. The van der Waals surface area contributed by atoms with Crippen LogP contribution < -0.4 is 14.8 Å². The minimum absolute atomic E-state index is 0.125. The van der Waals surface area contributed by atoms with Crippen LogP contribution in [-0.2, 0) is 10.3 Å². The average molecular weight is 422 g/mol. The number of nitrogens with zero attached hydrogens (tertiary/aromatic N) is 5. The summed E-state index contributed by atoms with van der Waals surface area (Å²) < 4.78 is 12.6. The van der Waals surface area contributed by atoms with Crippen molar-refractivity contribution in [3.63, 3.8) is 0 Å². The van der Waals surface area contributed by atoms with E-state index in [-0.39, 0.29) is 19.1 Å². The van der Waals surface area contributed by atoms with Crippen LogP contribution in [-0.4, -0.2) is 56.8 Å². The number of hydrogen-bond acceptors (Lipinski definition) is 7. The molecule has 0 saturated carbocycles. The zero-order valence-electron chi connectivity index (χ0n) is 17.2. The van der Waals surface area contributed by atoms with E-state index in [4.69, 9.17) is 9.47 Å². The van der Waals surface area contributed by atoms with Gasteiger partial charge in [0.1, 0.15) is 30.0 Å². The molecular formula is C21H22N6O4. The third-order valence-electron chi connectivity index (χ3n) is 5.03. The van der Waals surface area contributed by atoms with E-state index in [1.165, 1.54) is 11.0 Å². The second kappa shape index (κ2) is 8.42. The van der Waals surface area contributed by atoms with E-state index in [9.17, 15) is 9.59 Å². The van der Waals surface area contributed by atoms with Crippen molar-refractivity contribution < 1.29 is 19.1 Å². The van der Waals surface area contributed by atoms with E-state index in [1.807, 2.05) is 13.0 Å². The average Bonchev–Trinajstić information content (AvgIpc) is 3.39. The molecule has 1 fully saturated rings. The lowest BCUT2D eigenvalue weighted by atomic mass is 9.91. The van der Waals surface area contributed by atoms with Gasteiger partial charge in [-0.3, -0.25) is 9.69 Å². The normalized spacial score (nSPS) is 18.2. The van der Waals surface area contributed by atoms with Gasteiger partial charge in [-0.15, -0.1) is 5.10 Å². The maximum atomic E-state index is 13.1. The second-order valence-corrected chi connectivity index (χ2v) is 7.07. The number of tetrazole rings is 1. The summed E-state index contributed by atoms with van der Waals surface area (Å²) in [4.78, 5) is 26.8. The highest BCUT2D eigenvalue weighted by Crippen LogP contribution is 2.30. The van der Waals surface area contributed by atoms with Crippen molar-refractivity contribution in [3.8, 4) is 17.2 Å². The zero-order chi connectivity index (χ0) is 21.8. The minimum atomic E-state index is -1.19. The highest BCUT2D eigenvalue weighted by Gasteiger charge is 2.48. The molecule has 1 aromatic heterocycles. The number of urea groups is 1. The van der Waals surface area contributed by atoms with Gasteiger partial charge in [0.25, 0.3) is 5.91 Å². The molecule has 3 aromatic rings. The standard InChI is InChI=1S/C21H22N6O4/c1-3-30-17-7-9-18(10-8-17)31-12-11-26-19(28)21(2,23-20(26)29)15-5-4-6-16(13-15)27-14-22-24-25-27/h4-10,13-14H,3,11-12H2,1-2H3,(H,23,29). The Labute approximate surface area is 178 Å². The molecule has 1 aliphatic heterocycles. The number of ether oxygens (including phenoxy) is 2. The lowest BCUT2D eigenvalue weighted by molar-refractivity contribution is -0.131. The summed E-state index contributed by atoms with van der Waals surface area (Å²) in [6, 6.07) is 13.9. The van der Waals surface area contributed by atoms with Crippen molar-refractivity contribution in [1.82, 2.24) is 30.4 Å². The van der Waals surface area contributed by atoms with Crippen LogP contribution in [0.25, 0.3) is 5.69 Å². The number of aromatic nitrogens is 4. The molecule has 2 aromatic carbocycles. The number of carbonyl (C=O) groups excluding carboxylic acids is 2. The quantitative estimate of drug-likeness (QED) is 0.552. The number of hydrogen-bond donors (Lipinski definition) is 1. The van der Waals surface area contributed by atoms with Gasteiger partial charge in [0.15, 0.2) is 0 Å². The van der Waals surface area contributed by atoms with Gasteiger partial charge in [0.2, 0.25) is 0 Å². The summed E-state index contributed by atoms with van der Waals surface area (Å²) >= 11 is 0.